The molecular formula is C15H29N3O3. The predicted octanol–water partition coefficient (Wildman–Crippen LogP) is 1.57. The van der Waals surface area contributed by atoms with Gasteiger partial charge in [-0.25, -0.2) is 4.79 Å². The van der Waals surface area contributed by atoms with Crippen LogP contribution >= 0.6 is 0 Å². The molecule has 0 aliphatic carbocycles. The minimum atomic E-state index is -0.804. The Hall–Kier alpha value is -1.30. The normalized spacial score (nSPS) is 18.1. The summed E-state index contributed by atoms with van der Waals surface area (Å²) in [5.74, 6) is -0.300. The number of carboxylic acid groups (broad SMARTS) is 1. The average molecular weight is 299 g/mol. The third-order valence-electron chi connectivity index (χ3n) is 4.10. The summed E-state index contributed by atoms with van der Waals surface area (Å²) in [6, 6.07) is 0.0926. The van der Waals surface area contributed by atoms with Gasteiger partial charge in [0.25, 0.3) is 0 Å². The molecule has 0 aromatic rings. The second kappa shape index (κ2) is 8.87. The second-order valence-electron chi connectivity index (χ2n) is 5.85. The molecule has 1 heterocycles. The van der Waals surface area contributed by atoms with Crippen molar-refractivity contribution < 1.29 is 14.7 Å². The van der Waals surface area contributed by atoms with Gasteiger partial charge in [-0.3, -0.25) is 9.69 Å². The third-order valence-corrected chi connectivity index (χ3v) is 4.10. The Bertz CT molecular complexity index is 349. The van der Waals surface area contributed by atoms with E-state index in [-0.39, 0.29) is 12.6 Å². The van der Waals surface area contributed by atoms with Crippen LogP contribution in [0, 0.1) is 5.92 Å². The number of carboxylic acids is 1. The van der Waals surface area contributed by atoms with Gasteiger partial charge in [0.2, 0.25) is 0 Å². The van der Waals surface area contributed by atoms with E-state index in [1.807, 2.05) is 21.6 Å². The minimum absolute atomic E-state index is 0.0619. The zero-order valence-electron chi connectivity index (χ0n) is 13.5. The third kappa shape index (κ3) is 5.91. The van der Waals surface area contributed by atoms with Gasteiger partial charge in [0.05, 0.1) is 6.54 Å². The highest BCUT2D eigenvalue weighted by atomic mass is 16.4. The van der Waals surface area contributed by atoms with E-state index >= 15 is 0 Å². The molecule has 1 saturated heterocycles. The molecule has 1 N–H and O–H groups in total. The van der Waals surface area contributed by atoms with Crippen molar-refractivity contribution in [3.05, 3.63) is 0 Å². The van der Waals surface area contributed by atoms with Gasteiger partial charge in [0.1, 0.15) is 0 Å². The zero-order valence-corrected chi connectivity index (χ0v) is 13.5. The largest absolute Gasteiger partial charge is 0.480 e. The van der Waals surface area contributed by atoms with Crippen molar-refractivity contribution in [3.63, 3.8) is 0 Å². The molecule has 0 spiro atoms. The van der Waals surface area contributed by atoms with E-state index in [2.05, 4.69) is 13.8 Å². The summed E-state index contributed by atoms with van der Waals surface area (Å²) in [7, 11) is 0. The zero-order chi connectivity index (χ0) is 15.8. The maximum Gasteiger partial charge on any atom is 0.320 e. The van der Waals surface area contributed by atoms with Gasteiger partial charge in [-0.1, -0.05) is 20.3 Å². The molecule has 0 aromatic carbocycles. The lowest BCUT2D eigenvalue weighted by molar-refractivity contribution is -0.138. The Morgan fingerprint density at radius 2 is 1.90 bits per heavy atom. The number of carbonyl (C=O) groups is 2. The molecule has 21 heavy (non-hydrogen) atoms. The van der Waals surface area contributed by atoms with Gasteiger partial charge in [0, 0.05) is 39.3 Å². The van der Waals surface area contributed by atoms with Crippen molar-refractivity contribution >= 4 is 12.0 Å². The van der Waals surface area contributed by atoms with Crippen molar-refractivity contribution in [2.75, 3.05) is 45.8 Å². The number of aliphatic carboxylic acids is 1. The fourth-order valence-electron chi connectivity index (χ4n) is 2.56. The smallest absolute Gasteiger partial charge is 0.320 e. The minimum Gasteiger partial charge on any atom is -0.480 e. The molecule has 6 nitrogen and oxygen atoms in total. The van der Waals surface area contributed by atoms with Crippen LogP contribution in [0.5, 0.6) is 0 Å². The van der Waals surface area contributed by atoms with E-state index in [0.29, 0.717) is 25.6 Å². The number of amides is 2. The summed E-state index contributed by atoms with van der Waals surface area (Å²) in [6.07, 6.45) is 1.90. The standard InChI is InChI=1S/C15H29N3O3/c1-4-13(3)11-17(5-2)15(21)18-8-6-7-16(9-10-18)12-14(19)20/h13H,4-12H2,1-3H3,(H,19,20). The summed E-state index contributed by atoms with van der Waals surface area (Å²) in [4.78, 5) is 29.0. The maximum atomic E-state index is 12.6. The molecule has 1 aliphatic rings. The summed E-state index contributed by atoms with van der Waals surface area (Å²) in [5.41, 5.74) is 0. The van der Waals surface area contributed by atoms with Crippen molar-refractivity contribution in [1.82, 2.24) is 14.7 Å². The lowest BCUT2D eigenvalue weighted by Gasteiger charge is -2.30. The first-order valence-electron chi connectivity index (χ1n) is 7.95. The lowest BCUT2D eigenvalue weighted by atomic mass is 10.1. The number of urea groups is 1. The van der Waals surface area contributed by atoms with Gasteiger partial charge in [-0.2, -0.15) is 0 Å². The van der Waals surface area contributed by atoms with Crippen LogP contribution in [-0.2, 0) is 4.79 Å². The fraction of sp³-hybridized carbons (Fsp3) is 0.867. The molecule has 1 aliphatic heterocycles. The van der Waals surface area contributed by atoms with Gasteiger partial charge in [0.15, 0.2) is 0 Å². The van der Waals surface area contributed by atoms with Crippen LogP contribution in [-0.4, -0.2) is 77.6 Å². The quantitative estimate of drug-likeness (QED) is 0.808. The fourth-order valence-corrected chi connectivity index (χ4v) is 2.56. The molecule has 2 amide bonds. The molecule has 0 aromatic heterocycles. The highest BCUT2D eigenvalue weighted by molar-refractivity contribution is 5.74. The Kier molecular flexibility index (Phi) is 7.50. The molecule has 1 atom stereocenters. The van der Waals surface area contributed by atoms with Gasteiger partial charge in [-0.15, -0.1) is 0 Å². The lowest BCUT2D eigenvalue weighted by Crippen LogP contribution is -2.46. The SMILES string of the molecule is CCC(C)CN(CC)C(=O)N1CCCN(CC(=O)O)CC1. The van der Waals surface area contributed by atoms with Crippen LogP contribution in [0.15, 0.2) is 0 Å². The van der Waals surface area contributed by atoms with E-state index in [1.165, 1.54) is 0 Å². The van der Waals surface area contributed by atoms with E-state index in [4.69, 9.17) is 5.11 Å². The maximum absolute atomic E-state index is 12.6. The number of carbonyl (C=O) groups excluding carboxylic acids is 1. The van der Waals surface area contributed by atoms with Crippen LogP contribution in [0.1, 0.15) is 33.6 Å². The van der Waals surface area contributed by atoms with Crippen LogP contribution < -0.4 is 0 Å². The highest BCUT2D eigenvalue weighted by Crippen LogP contribution is 2.10. The Morgan fingerprint density at radius 1 is 1.19 bits per heavy atom. The molecule has 0 saturated carbocycles. The Balaban J connectivity index is 2.55. The molecule has 0 radical (unpaired) electrons. The van der Waals surface area contributed by atoms with Crippen LogP contribution in [0.2, 0.25) is 0 Å². The second-order valence-corrected chi connectivity index (χ2v) is 5.85. The van der Waals surface area contributed by atoms with E-state index in [1.54, 1.807) is 0 Å². The van der Waals surface area contributed by atoms with E-state index in [0.717, 1.165) is 32.5 Å². The average Bonchev–Trinajstić information content (AvgIpc) is 2.68. The molecule has 1 unspecified atom stereocenters. The first-order chi connectivity index (χ1) is 9.97. The van der Waals surface area contributed by atoms with E-state index < -0.39 is 5.97 Å². The van der Waals surface area contributed by atoms with Gasteiger partial charge >= 0.3 is 12.0 Å². The monoisotopic (exact) mass is 299 g/mol. The molecule has 1 fully saturated rings. The van der Waals surface area contributed by atoms with Gasteiger partial charge < -0.3 is 14.9 Å². The summed E-state index contributed by atoms with van der Waals surface area (Å²) in [5, 5.41) is 8.85. The van der Waals surface area contributed by atoms with Crippen LogP contribution in [0.25, 0.3) is 0 Å². The van der Waals surface area contributed by atoms with Crippen molar-refractivity contribution in [3.8, 4) is 0 Å². The van der Waals surface area contributed by atoms with Crippen molar-refractivity contribution in [1.29, 1.82) is 0 Å². The molecule has 6 heteroatoms. The van der Waals surface area contributed by atoms with Gasteiger partial charge in [-0.05, 0) is 19.3 Å². The number of nitrogens with zero attached hydrogens (tertiary/aromatic N) is 3. The summed E-state index contributed by atoms with van der Waals surface area (Å²) >= 11 is 0. The first kappa shape index (κ1) is 17.8. The number of rotatable bonds is 6. The van der Waals surface area contributed by atoms with Crippen molar-refractivity contribution in [2.45, 2.75) is 33.6 Å². The molecule has 1 rings (SSSR count). The highest BCUT2D eigenvalue weighted by Gasteiger charge is 2.24. The molecule has 122 valence electrons. The topological polar surface area (TPSA) is 64.1 Å². The number of hydrogen-bond acceptors (Lipinski definition) is 3. The number of hydrogen-bond donors (Lipinski definition) is 1. The Morgan fingerprint density at radius 3 is 2.48 bits per heavy atom. The summed E-state index contributed by atoms with van der Waals surface area (Å²) < 4.78 is 0. The van der Waals surface area contributed by atoms with Crippen LogP contribution in [0.4, 0.5) is 4.79 Å². The Labute approximate surface area is 127 Å². The molecular weight excluding hydrogens is 270 g/mol. The van der Waals surface area contributed by atoms with E-state index in [9.17, 15) is 9.59 Å². The predicted molar refractivity (Wildman–Crippen MR) is 82.4 cm³/mol. The first-order valence-corrected chi connectivity index (χ1v) is 7.95. The van der Waals surface area contributed by atoms with Crippen LogP contribution in [0.3, 0.4) is 0 Å². The molecule has 0 bridgehead atoms. The van der Waals surface area contributed by atoms with Crippen molar-refractivity contribution in [2.24, 2.45) is 5.92 Å². The summed E-state index contributed by atoms with van der Waals surface area (Å²) in [6.45, 7) is 10.6.